The summed E-state index contributed by atoms with van der Waals surface area (Å²) in [5.41, 5.74) is 1.59. The maximum Gasteiger partial charge on any atom is 0.253 e. The minimum absolute atomic E-state index is 0.00868. The van der Waals surface area contributed by atoms with Crippen LogP contribution in [0.2, 0.25) is 10.0 Å². The van der Waals surface area contributed by atoms with E-state index in [9.17, 15) is 17.9 Å². The van der Waals surface area contributed by atoms with Crippen molar-refractivity contribution in [2.45, 2.75) is 19.4 Å². The number of nitrogens with one attached hydrogen (secondary N) is 1. The lowest BCUT2D eigenvalue weighted by atomic mass is 10.1. The molecule has 0 aliphatic heterocycles. The summed E-state index contributed by atoms with van der Waals surface area (Å²) in [5.74, 6) is -1.36. The Kier molecular flexibility index (Phi) is 8.32. The lowest BCUT2D eigenvalue weighted by molar-refractivity contribution is 0.0940. The topological polar surface area (TPSA) is 98.2 Å². The molecule has 1 N–H and O–H groups in total. The van der Waals surface area contributed by atoms with Crippen molar-refractivity contribution in [1.82, 2.24) is 14.1 Å². The Morgan fingerprint density at radius 1 is 1.14 bits per heavy atom. The van der Waals surface area contributed by atoms with Crippen molar-refractivity contribution in [2.75, 3.05) is 4.31 Å². The summed E-state index contributed by atoms with van der Waals surface area (Å²) in [4.78, 5) is 13.2. The molecular formula is C24H18Cl2FN4O3S2-. The maximum absolute atomic E-state index is 14.3. The smallest absolute Gasteiger partial charge is 0.253 e. The average Bonchev–Trinajstić information content (AvgIpc) is 3.27. The molecule has 1 amide bonds. The van der Waals surface area contributed by atoms with Gasteiger partial charge in [0.15, 0.2) is 5.82 Å². The molecule has 36 heavy (non-hydrogen) atoms. The van der Waals surface area contributed by atoms with Gasteiger partial charge >= 0.3 is 0 Å². The number of hydrogen-bond acceptors (Lipinski definition) is 6. The van der Waals surface area contributed by atoms with Gasteiger partial charge in [0, 0.05) is 16.5 Å². The minimum atomic E-state index is -2.94. The molecule has 0 saturated heterocycles. The minimum Gasteiger partial charge on any atom is -0.755 e. The van der Waals surface area contributed by atoms with E-state index in [4.69, 9.17) is 23.2 Å². The molecule has 4 aromatic rings. The van der Waals surface area contributed by atoms with E-state index in [0.29, 0.717) is 27.7 Å². The Morgan fingerprint density at radius 2 is 1.89 bits per heavy atom. The van der Waals surface area contributed by atoms with E-state index in [-0.39, 0.29) is 17.1 Å². The van der Waals surface area contributed by atoms with Crippen LogP contribution in [0.25, 0.3) is 0 Å². The Bertz CT molecular complexity index is 1420. The SMILES string of the molecule is CC(NC(=O)c1ccc(F)cc1N(c1nsnc1Cc1ccccc1)S(=O)[O-])c1ccc(Cl)cc1Cl. The van der Waals surface area contributed by atoms with Gasteiger partial charge < -0.3 is 9.87 Å². The summed E-state index contributed by atoms with van der Waals surface area (Å²) in [7, 11) is 0. The molecule has 0 saturated carbocycles. The molecular weight excluding hydrogens is 546 g/mol. The number of nitrogens with zero attached hydrogens (tertiary/aromatic N) is 3. The monoisotopic (exact) mass is 563 g/mol. The van der Waals surface area contributed by atoms with E-state index in [0.717, 1.165) is 33.7 Å². The molecule has 0 aliphatic rings. The average molecular weight is 564 g/mol. The lowest BCUT2D eigenvalue weighted by Crippen LogP contribution is -2.30. The Hall–Kier alpha value is -2.89. The van der Waals surface area contributed by atoms with Gasteiger partial charge in [-0.05, 0) is 48.4 Å². The third-order valence-corrected chi connectivity index (χ3v) is 7.08. The van der Waals surface area contributed by atoms with Gasteiger partial charge in [0.1, 0.15) is 11.5 Å². The van der Waals surface area contributed by atoms with Crippen molar-refractivity contribution < 1.29 is 17.9 Å². The number of rotatable bonds is 8. The van der Waals surface area contributed by atoms with Crippen molar-refractivity contribution in [3.8, 4) is 0 Å². The number of carbonyl (C=O) groups is 1. The van der Waals surface area contributed by atoms with Crippen LogP contribution in [0.4, 0.5) is 15.9 Å². The second kappa shape index (κ2) is 11.4. The third-order valence-electron chi connectivity index (χ3n) is 5.29. The Morgan fingerprint density at radius 3 is 2.58 bits per heavy atom. The van der Waals surface area contributed by atoms with Gasteiger partial charge in [0.2, 0.25) is 0 Å². The van der Waals surface area contributed by atoms with Crippen molar-refractivity contribution in [3.05, 3.63) is 105 Å². The molecule has 0 aliphatic carbocycles. The molecule has 12 heteroatoms. The number of aromatic nitrogens is 2. The Balaban J connectivity index is 1.70. The first-order chi connectivity index (χ1) is 17.2. The van der Waals surface area contributed by atoms with Crippen molar-refractivity contribution in [2.24, 2.45) is 0 Å². The zero-order valence-corrected chi connectivity index (χ0v) is 21.8. The quantitative estimate of drug-likeness (QED) is 0.265. The highest BCUT2D eigenvalue weighted by molar-refractivity contribution is 7.81. The summed E-state index contributed by atoms with van der Waals surface area (Å²) >= 11 is 10.1. The number of halogens is 3. The summed E-state index contributed by atoms with van der Waals surface area (Å²) in [6.45, 7) is 1.71. The van der Waals surface area contributed by atoms with Crippen LogP contribution in [-0.4, -0.2) is 23.4 Å². The lowest BCUT2D eigenvalue weighted by Gasteiger charge is -2.27. The van der Waals surface area contributed by atoms with E-state index >= 15 is 0 Å². The molecule has 0 bridgehead atoms. The van der Waals surface area contributed by atoms with Gasteiger partial charge in [-0.3, -0.25) is 13.3 Å². The number of benzene rings is 3. The highest BCUT2D eigenvalue weighted by atomic mass is 35.5. The van der Waals surface area contributed by atoms with Gasteiger partial charge in [0.25, 0.3) is 5.91 Å². The van der Waals surface area contributed by atoms with Crippen LogP contribution in [0.15, 0.2) is 66.7 Å². The van der Waals surface area contributed by atoms with Crippen LogP contribution >= 0.6 is 34.9 Å². The summed E-state index contributed by atoms with van der Waals surface area (Å²) in [6, 6.07) is 16.9. The zero-order valence-electron chi connectivity index (χ0n) is 18.7. The fourth-order valence-corrected chi connectivity index (χ4v) is 5.36. The molecule has 7 nitrogen and oxygen atoms in total. The van der Waals surface area contributed by atoms with Gasteiger partial charge in [-0.2, -0.15) is 8.75 Å². The van der Waals surface area contributed by atoms with Crippen molar-refractivity contribution >= 4 is 63.6 Å². The van der Waals surface area contributed by atoms with E-state index in [2.05, 4.69) is 14.1 Å². The standard InChI is InChI=1S/C24H19Cl2FN4O3S2/c1-14(18-9-7-16(25)12-20(18)26)28-24(32)19-10-8-17(27)13-22(19)31(36(33)34)23-21(29-35-30-23)11-15-5-3-2-4-6-15/h2-10,12-14H,11H2,1H3,(H,28,32)(H,33,34)/p-1. The molecule has 1 heterocycles. The van der Waals surface area contributed by atoms with Crippen molar-refractivity contribution in [3.63, 3.8) is 0 Å². The molecule has 0 fully saturated rings. The van der Waals surface area contributed by atoms with Gasteiger partial charge in [-0.1, -0.05) is 59.6 Å². The second-order valence-electron chi connectivity index (χ2n) is 7.73. The normalized spacial score (nSPS) is 12.7. The zero-order chi connectivity index (χ0) is 25.8. The highest BCUT2D eigenvalue weighted by Gasteiger charge is 2.26. The predicted octanol–water partition coefficient (Wildman–Crippen LogP) is 6.00. The first kappa shape index (κ1) is 26.2. The highest BCUT2D eigenvalue weighted by Crippen LogP contribution is 2.34. The van der Waals surface area contributed by atoms with Crippen molar-refractivity contribution in [1.29, 1.82) is 0 Å². The van der Waals surface area contributed by atoms with E-state index in [1.165, 1.54) is 6.07 Å². The number of hydrogen-bond donors (Lipinski definition) is 1. The van der Waals surface area contributed by atoms with Gasteiger partial charge in [-0.15, -0.1) is 0 Å². The fourth-order valence-electron chi connectivity index (χ4n) is 3.59. The first-order valence-corrected chi connectivity index (χ1v) is 13.1. The molecule has 0 radical (unpaired) electrons. The maximum atomic E-state index is 14.3. The van der Waals surface area contributed by atoms with Gasteiger partial charge in [-0.25, -0.2) is 4.39 Å². The molecule has 2 unspecified atom stereocenters. The van der Waals surface area contributed by atoms with Crippen LogP contribution < -0.4 is 9.62 Å². The number of anilines is 2. The third kappa shape index (κ3) is 5.91. The number of carbonyl (C=O) groups excluding carboxylic acids is 1. The molecule has 2 atom stereocenters. The van der Waals surface area contributed by atoms with Crippen LogP contribution in [0.1, 0.15) is 40.1 Å². The van der Waals surface area contributed by atoms with Crippen LogP contribution in [0, 0.1) is 5.82 Å². The van der Waals surface area contributed by atoms with E-state index in [1.54, 1.807) is 25.1 Å². The van der Waals surface area contributed by atoms with Crippen LogP contribution in [-0.2, 0) is 17.7 Å². The Labute approximate surface area is 223 Å². The molecule has 3 aromatic carbocycles. The summed E-state index contributed by atoms with van der Waals surface area (Å²) in [6.07, 6.45) is 0.295. The van der Waals surface area contributed by atoms with Crippen LogP contribution in [0.3, 0.4) is 0 Å². The fraction of sp³-hybridized carbons (Fsp3) is 0.125. The predicted molar refractivity (Wildman–Crippen MR) is 139 cm³/mol. The number of amides is 1. The largest absolute Gasteiger partial charge is 0.755 e. The summed E-state index contributed by atoms with van der Waals surface area (Å²) < 4.78 is 48.3. The van der Waals surface area contributed by atoms with E-state index < -0.39 is 29.0 Å². The van der Waals surface area contributed by atoms with Crippen LogP contribution in [0.5, 0.6) is 0 Å². The summed E-state index contributed by atoms with van der Waals surface area (Å²) in [5, 5.41) is 3.58. The molecule has 1 aromatic heterocycles. The molecule has 4 rings (SSSR count). The second-order valence-corrected chi connectivity index (χ2v) is 9.90. The first-order valence-electron chi connectivity index (χ1n) is 10.5. The molecule has 0 spiro atoms. The van der Waals surface area contributed by atoms with E-state index in [1.807, 2.05) is 30.3 Å². The van der Waals surface area contributed by atoms with Gasteiger partial charge in [0.05, 0.1) is 40.3 Å². The molecule has 186 valence electrons.